The van der Waals surface area contributed by atoms with Crippen molar-refractivity contribution in [3.05, 3.63) is 11.4 Å². The number of aromatic nitrogens is 3. The minimum absolute atomic E-state index is 0.481. The van der Waals surface area contributed by atoms with Gasteiger partial charge in [0.2, 0.25) is 0 Å². The highest BCUT2D eigenvalue weighted by atomic mass is 15.4. The molecule has 0 saturated heterocycles. The molecular formula is C12H23N3. The minimum atomic E-state index is 0.481. The van der Waals surface area contributed by atoms with Gasteiger partial charge in [0.05, 0.1) is 11.4 Å². The molecule has 0 spiro atoms. The molecule has 15 heavy (non-hydrogen) atoms. The van der Waals surface area contributed by atoms with Gasteiger partial charge in [0, 0.05) is 6.54 Å². The normalized spacial score (nSPS) is 11.3. The van der Waals surface area contributed by atoms with Crippen molar-refractivity contribution in [1.29, 1.82) is 0 Å². The van der Waals surface area contributed by atoms with Gasteiger partial charge in [-0.05, 0) is 19.3 Å². The molecule has 86 valence electrons. The van der Waals surface area contributed by atoms with Crippen LogP contribution in [0, 0.1) is 6.92 Å². The van der Waals surface area contributed by atoms with Crippen molar-refractivity contribution in [3.63, 3.8) is 0 Å². The molecule has 3 nitrogen and oxygen atoms in total. The Hall–Kier alpha value is -0.860. The SMILES string of the molecule is CCCCCCn1nnc(C(C)C)c1C. The molecule has 0 aromatic carbocycles. The molecule has 0 N–H and O–H groups in total. The smallest absolute Gasteiger partial charge is 0.0881 e. The second-order valence-corrected chi connectivity index (χ2v) is 4.50. The maximum atomic E-state index is 4.23. The van der Waals surface area contributed by atoms with E-state index in [0.29, 0.717) is 5.92 Å². The fraction of sp³-hybridized carbons (Fsp3) is 0.833. The Kier molecular flexibility index (Phi) is 4.79. The fourth-order valence-corrected chi connectivity index (χ4v) is 1.81. The van der Waals surface area contributed by atoms with Gasteiger partial charge < -0.3 is 0 Å². The molecule has 1 aromatic rings. The molecule has 0 bridgehead atoms. The average Bonchev–Trinajstić information content (AvgIpc) is 2.55. The summed E-state index contributed by atoms with van der Waals surface area (Å²) in [6, 6.07) is 0. The number of aryl methyl sites for hydroxylation is 1. The van der Waals surface area contributed by atoms with Crippen LogP contribution in [0.25, 0.3) is 0 Å². The van der Waals surface area contributed by atoms with E-state index in [9.17, 15) is 0 Å². The Labute approximate surface area is 92.9 Å². The average molecular weight is 209 g/mol. The third kappa shape index (κ3) is 3.33. The highest BCUT2D eigenvalue weighted by molar-refractivity contribution is 5.11. The van der Waals surface area contributed by atoms with Crippen molar-refractivity contribution in [2.45, 2.75) is 65.8 Å². The lowest BCUT2D eigenvalue weighted by Gasteiger charge is -2.04. The molecule has 1 aromatic heterocycles. The highest BCUT2D eigenvalue weighted by Crippen LogP contribution is 2.15. The van der Waals surface area contributed by atoms with Crippen LogP contribution in [-0.2, 0) is 6.54 Å². The summed E-state index contributed by atoms with van der Waals surface area (Å²) in [6.45, 7) is 9.70. The van der Waals surface area contributed by atoms with Crippen molar-refractivity contribution in [2.24, 2.45) is 0 Å². The van der Waals surface area contributed by atoms with Gasteiger partial charge in [-0.3, -0.25) is 0 Å². The van der Waals surface area contributed by atoms with E-state index in [1.165, 1.54) is 31.4 Å². The van der Waals surface area contributed by atoms with Gasteiger partial charge >= 0.3 is 0 Å². The van der Waals surface area contributed by atoms with Crippen molar-refractivity contribution in [2.75, 3.05) is 0 Å². The lowest BCUT2D eigenvalue weighted by atomic mass is 10.1. The number of hydrogen-bond donors (Lipinski definition) is 0. The first-order valence-corrected chi connectivity index (χ1v) is 6.06. The van der Waals surface area contributed by atoms with E-state index in [-0.39, 0.29) is 0 Å². The largest absolute Gasteiger partial charge is 0.249 e. The Morgan fingerprint density at radius 3 is 2.47 bits per heavy atom. The van der Waals surface area contributed by atoms with E-state index in [4.69, 9.17) is 0 Å². The molecular weight excluding hydrogens is 186 g/mol. The van der Waals surface area contributed by atoms with E-state index < -0.39 is 0 Å². The van der Waals surface area contributed by atoms with Gasteiger partial charge in [-0.25, -0.2) is 4.68 Å². The van der Waals surface area contributed by atoms with Gasteiger partial charge in [0.15, 0.2) is 0 Å². The van der Waals surface area contributed by atoms with E-state index in [1.54, 1.807) is 0 Å². The number of unbranched alkanes of at least 4 members (excludes halogenated alkanes) is 3. The lowest BCUT2D eigenvalue weighted by molar-refractivity contribution is 0.519. The predicted molar refractivity (Wildman–Crippen MR) is 63.0 cm³/mol. The van der Waals surface area contributed by atoms with Crippen LogP contribution in [0.5, 0.6) is 0 Å². The fourth-order valence-electron chi connectivity index (χ4n) is 1.81. The Balaban J connectivity index is 2.48. The lowest BCUT2D eigenvalue weighted by Crippen LogP contribution is -2.03. The highest BCUT2D eigenvalue weighted by Gasteiger charge is 2.10. The summed E-state index contributed by atoms with van der Waals surface area (Å²) in [5, 5.41) is 8.43. The van der Waals surface area contributed by atoms with Crippen LogP contribution < -0.4 is 0 Å². The molecule has 3 heteroatoms. The molecule has 0 aliphatic heterocycles. The molecule has 0 saturated carbocycles. The number of hydrogen-bond acceptors (Lipinski definition) is 2. The first-order valence-electron chi connectivity index (χ1n) is 6.06. The summed E-state index contributed by atoms with van der Waals surface area (Å²) in [5.74, 6) is 0.481. The van der Waals surface area contributed by atoms with E-state index in [0.717, 1.165) is 12.2 Å². The second kappa shape index (κ2) is 5.89. The van der Waals surface area contributed by atoms with Crippen LogP contribution >= 0.6 is 0 Å². The Bertz CT molecular complexity index is 289. The van der Waals surface area contributed by atoms with Gasteiger partial charge in [-0.2, -0.15) is 0 Å². The summed E-state index contributed by atoms with van der Waals surface area (Å²) in [7, 11) is 0. The molecule has 0 fully saturated rings. The van der Waals surface area contributed by atoms with Crippen molar-refractivity contribution in [1.82, 2.24) is 15.0 Å². The quantitative estimate of drug-likeness (QED) is 0.673. The first-order chi connectivity index (χ1) is 7.16. The molecule has 0 amide bonds. The van der Waals surface area contributed by atoms with Gasteiger partial charge in [0.25, 0.3) is 0 Å². The molecule has 1 rings (SSSR count). The Morgan fingerprint density at radius 2 is 1.93 bits per heavy atom. The molecule has 0 radical (unpaired) electrons. The number of nitrogens with zero attached hydrogens (tertiary/aromatic N) is 3. The monoisotopic (exact) mass is 209 g/mol. The van der Waals surface area contributed by atoms with E-state index in [1.807, 2.05) is 4.68 Å². The maximum Gasteiger partial charge on any atom is 0.0881 e. The summed E-state index contributed by atoms with van der Waals surface area (Å²) < 4.78 is 2.05. The minimum Gasteiger partial charge on any atom is -0.249 e. The maximum absolute atomic E-state index is 4.23. The summed E-state index contributed by atoms with van der Waals surface area (Å²) in [4.78, 5) is 0. The van der Waals surface area contributed by atoms with Crippen LogP contribution in [-0.4, -0.2) is 15.0 Å². The first kappa shape index (κ1) is 12.2. The zero-order valence-corrected chi connectivity index (χ0v) is 10.5. The van der Waals surface area contributed by atoms with Gasteiger partial charge in [0.1, 0.15) is 0 Å². The van der Waals surface area contributed by atoms with E-state index in [2.05, 4.69) is 38.0 Å². The van der Waals surface area contributed by atoms with Crippen molar-refractivity contribution in [3.8, 4) is 0 Å². The number of rotatable bonds is 6. The van der Waals surface area contributed by atoms with Crippen LogP contribution in [0.2, 0.25) is 0 Å². The van der Waals surface area contributed by atoms with Gasteiger partial charge in [-0.15, -0.1) is 5.10 Å². The molecule has 0 aliphatic rings. The van der Waals surface area contributed by atoms with Gasteiger partial charge in [-0.1, -0.05) is 45.2 Å². The Morgan fingerprint density at radius 1 is 1.20 bits per heavy atom. The molecule has 1 heterocycles. The second-order valence-electron chi connectivity index (χ2n) is 4.50. The van der Waals surface area contributed by atoms with Crippen molar-refractivity contribution < 1.29 is 0 Å². The third-order valence-corrected chi connectivity index (χ3v) is 2.79. The van der Waals surface area contributed by atoms with Crippen LogP contribution in [0.15, 0.2) is 0 Å². The zero-order chi connectivity index (χ0) is 11.3. The summed E-state index contributed by atoms with van der Waals surface area (Å²) >= 11 is 0. The third-order valence-electron chi connectivity index (χ3n) is 2.79. The van der Waals surface area contributed by atoms with Crippen molar-refractivity contribution >= 4 is 0 Å². The van der Waals surface area contributed by atoms with Crippen LogP contribution in [0.4, 0.5) is 0 Å². The zero-order valence-electron chi connectivity index (χ0n) is 10.5. The summed E-state index contributed by atoms with van der Waals surface area (Å²) in [5.41, 5.74) is 2.38. The van der Waals surface area contributed by atoms with Crippen LogP contribution in [0.1, 0.15) is 63.8 Å². The standard InChI is InChI=1S/C12H23N3/c1-5-6-7-8-9-15-11(4)12(10(2)3)13-14-15/h10H,5-9H2,1-4H3. The molecule has 0 unspecified atom stereocenters. The predicted octanol–water partition coefficient (Wildman–Crippen LogP) is 3.29. The van der Waals surface area contributed by atoms with Crippen LogP contribution in [0.3, 0.4) is 0 Å². The topological polar surface area (TPSA) is 30.7 Å². The molecule has 0 atom stereocenters. The summed E-state index contributed by atoms with van der Waals surface area (Å²) in [6.07, 6.45) is 5.13. The molecule has 0 aliphatic carbocycles. The van der Waals surface area contributed by atoms with E-state index >= 15 is 0 Å².